The molecule has 0 aromatic carbocycles. The average Bonchev–Trinajstić information content (AvgIpc) is 2.34. The quantitative estimate of drug-likeness (QED) is 0.842. The first-order chi connectivity index (χ1) is 9.22. The Hall–Kier alpha value is -1.57. The van der Waals surface area contributed by atoms with Crippen LogP contribution in [0.3, 0.4) is 0 Å². The molecule has 0 saturated carbocycles. The second kappa shape index (κ2) is 6.74. The molecule has 1 unspecified atom stereocenters. The zero-order valence-electron chi connectivity index (χ0n) is 12.0. The lowest BCUT2D eigenvalue weighted by atomic mass is 10.2. The highest BCUT2D eigenvalue weighted by Crippen LogP contribution is 2.29. The van der Waals surface area contributed by atoms with E-state index in [4.69, 9.17) is 0 Å². The summed E-state index contributed by atoms with van der Waals surface area (Å²) in [7, 11) is 5.37. The third kappa shape index (κ3) is 5.20. The van der Waals surface area contributed by atoms with Gasteiger partial charge in [0.15, 0.2) is 5.69 Å². The monoisotopic (exact) mass is 291 g/mol. The highest BCUT2D eigenvalue weighted by molar-refractivity contribution is 5.43. The van der Waals surface area contributed by atoms with E-state index < -0.39 is 11.9 Å². The van der Waals surface area contributed by atoms with Crippen molar-refractivity contribution in [3.05, 3.63) is 11.8 Å². The number of halogens is 3. The summed E-state index contributed by atoms with van der Waals surface area (Å²) >= 11 is 0. The van der Waals surface area contributed by atoms with Crippen LogP contribution in [0.25, 0.3) is 0 Å². The fraction of sp³-hybridized carbons (Fsp3) is 0.667. The summed E-state index contributed by atoms with van der Waals surface area (Å²) in [5.74, 6) is 0.116. The highest BCUT2D eigenvalue weighted by Gasteiger charge is 2.33. The van der Waals surface area contributed by atoms with Crippen LogP contribution in [0.4, 0.5) is 24.9 Å². The third-order valence-electron chi connectivity index (χ3n) is 2.64. The number of nitrogens with one attached hydrogen (secondary N) is 2. The molecule has 0 fully saturated rings. The largest absolute Gasteiger partial charge is 0.433 e. The van der Waals surface area contributed by atoms with Crippen LogP contribution in [0, 0.1) is 0 Å². The molecule has 0 saturated heterocycles. The molecule has 0 aliphatic heterocycles. The van der Waals surface area contributed by atoms with E-state index in [1.54, 1.807) is 0 Å². The number of hydrogen-bond acceptors (Lipinski definition) is 5. The number of rotatable bonds is 6. The summed E-state index contributed by atoms with van der Waals surface area (Å²) in [6.07, 6.45) is -3.69. The summed E-state index contributed by atoms with van der Waals surface area (Å²) in [4.78, 5) is 9.41. The highest BCUT2D eigenvalue weighted by atomic mass is 19.4. The maximum absolute atomic E-state index is 12.7. The molecule has 2 N–H and O–H groups in total. The molecule has 20 heavy (non-hydrogen) atoms. The maximum atomic E-state index is 12.7. The summed E-state index contributed by atoms with van der Waals surface area (Å²) in [6, 6.07) is 0.936. The van der Waals surface area contributed by atoms with E-state index in [2.05, 4.69) is 20.6 Å². The molecule has 0 radical (unpaired) electrons. The molecular formula is C12H20F3N5. The molecule has 1 rings (SSSR count). The molecule has 0 aliphatic carbocycles. The van der Waals surface area contributed by atoms with E-state index in [0.29, 0.717) is 0 Å². The first-order valence-electron chi connectivity index (χ1n) is 6.27. The van der Waals surface area contributed by atoms with Gasteiger partial charge < -0.3 is 15.5 Å². The van der Waals surface area contributed by atoms with Crippen molar-refractivity contribution in [2.45, 2.75) is 25.6 Å². The topological polar surface area (TPSA) is 53.1 Å². The van der Waals surface area contributed by atoms with Gasteiger partial charge in [-0.05, 0) is 34.0 Å². The maximum Gasteiger partial charge on any atom is 0.433 e. The fourth-order valence-electron chi connectivity index (χ4n) is 1.55. The van der Waals surface area contributed by atoms with Crippen LogP contribution < -0.4 is 10.6 Å². The van der Waals surface area contributed by atoms with Crippen molar-refractivity contribution in [3.63, 3.8) is 0 Å². The first-order valence-corrected chi connectivity index (χ1v) is 6.27. The minimum atomic E-state index is -4.49. The summed E-state index contributed by atoms with van der Waals surface area (Å²) in [5.41, 5.74) is -0.959. The molecule has 8 heteroatoms. The average molecular weight is 291 g/mol. The van der Waals surface area contributed by atoms with Gasteiger partial charge in [-0.15, -0.1) is 0 Å². The van der Waals surface area contributed by atoms with Gasteiger partial charge >= 0.3 is 6.18 Å². The van der Waals surface area contributed by atoms with Crippen molar-refractivity contribution in [2.75, 3.05) is 38.3 Å². The Bertz CT molecular complexity index is 434. The lowest BCUT2D eigenvalue weighted by Crippen LogP contribution is -2.24. The zero-order chi connectivity index (χ0) is 15.3. The van der Waals surface area contributed by atoms with E-state index >= 15 is 0 Å². The van der Waals surface area contributed by atoms with Gasteiger partial charge in [-0.1, -0.05) is 0 Å². The van der Waals surface area contributed by atoms with Gasteiger partial charge in [-0.25, -0.2) is 4.98 Å². The second-order valence-corrected chi connectivity index (χ2v) is 4.85. The summed E-state index contributed by atoms with van der Waals surface area (Å²) < 4.78 is 38.2. The predicted molar refractivity (Wildman–Crippen MR) is 72.8 cm³/mol. The predicted octanol–water partition coefficient (Wildman–Crippen LogP) is 2.29. The smallest absolute Gasteiger partial charge is 0.367 e. The number of hydrogen-bond donors (Lipinski definition) is 2. The van der Waals surface area contributed by atoms with Crippen LogP contribution in [-0.4, -0.2) is 48.6 Å². The normalized spacial score (nSPS) is 13.4. The second-order valence-electron chi connectivity index (χ2n) is 4.85. The van der Waals surface area contributed by atoms with Gasteiger partial charge in [0.1, 0.15) is 5.82 Å². The minimum absolute atomic E-state index is 0.0121. The van der Waals surface area contributed by atoms with Crippen LogP contribution in [0.2, 0.25) is 0 Å². The molecule has 1 aromatic rings. The van der Waals surface area contributed by atoms with Gasteiger partial charge in [-0.3, -0.25) is 0 Å². The van der Waals surface area contributed by atoms with Gasteiger partial charge in [-0.2, -0.15) is 18.2 Å². The molecule has 0 amide bonds. The van der Waals surface area contributed by atoms with Crippen LogP contribution >= 0.6 is 0 Å². The fourth-order valence-corrected chi connectivity index (χ4v) is 1.55. The van der Waals surface area contributed by atoms with Crippen molar-refractivity contribution >= 4 is 11.8 Å². The lowest BCUT2D eigenvalue weighted by Gasteiger charge is -2.18. The molecule has 0 aliphatic rings. The van der Waals surface area contributed by atoms with Crippen molar-refractivity contribution in [1.82, 2.24) is 14.9 Å². The van der Waals surface area contributed by atoms with Crippen molar-refractivity contribution in [3.8, 4) is 0 Å². The minimum Gasteiger partial charge on any atom is -0.367 e. The first kappa shape index (κ1) is 16.5. The Labute approximate surface area is 116 Å². The van der Waals surface area contributed by atoms with Crippen LogP contribution in [-0.2, 0) is 6.18 Å². The van der Waals surface area contributed by atoms with Crippen LogP contribution in [0.5, 0.6) is 0 Å². The lowest BCUT2D eigenvalue weighted by molar-refractivity contribution is -0.141. The Kier molecular flexibility index (Phi) is 5.55. The number of anilines is 2. The van der Waals surface area contributed by atoms with Crippen molar-refractivity contribution in [1.29, 1.82) is 0 Å². The summed E-state index contributed by atoms with van der Waals surface area (Å²) in [5, 5.41) is 5.50. The number of aromatic nitrogens is 2. The van der Waals surface area contributed by atoms with Gasteiger partial charge in [0.2, 0.25) is 5.95 Å². The Morgan fingerprint density at radius 3 is 2.45 bits per heavy atom. The molecule has 114 valence electrons. The SMILES string of the molecule is CNc1nc(NC(C)CCN(C)C)cc(C(F)(F)F)n1. The number of nitrogens with zero attached hydrogens (tertiary/aromatic N) is 3. The van der Waals surface area contributed by atoms with E-state index in [1.807, 2.05) is 25.9 Å². The molecule has 0 bridgehead atoms. The molecule has 5 nitrogen and oxygen atoms in total. The van der Waals surface area contributed by atoms with Gasteiger partial charge in [0, 0.05) is 19.2 Å². The van der Waals surface area contributed by atoms with E-state index in [9.17, 15) is 13.2 Å². The molecule has 1 aromatic heterocycles. The van der Waals surface area contributed by atoms with Crippen molar-refractivity contribution < 1.29 is 13.2 Å². The van der Waals surface area contributed by atoms with Crippen LogP contribution in [0.1, 0.15) is 19.0 Å². The van der Waals surface area contributed by atoms with Crippen molar-refractivity contribution in [2.24, 2.45) is 0 Å². The Morgan fingerprint density at radius 2 is 1.95 bits per heavy atom. The Morgan fingerprint density at radius 1 is 1.30 bits per heavy atom. The summed E-state index contributed by atoms with van der Waals surface area (Å²) in [6.45, 7) is 2.74. The van der Waals surface area contributed by atoms with Crippen LogP contribution in [0.15, 0.2) is 6.07 Å². The van der Waals surface area contributed by atoms with E-state index in [1.165, 1.54) is 7.05 Å². The molecule has 1 atom stereocenters. The molecular weight excluding hydrogens is 271 g/mol. The van der Waals surface area contributed by atoms with E-state index in [-0.39, 0.29) is 17.8 Å². The molecule has 0 spiro atoms. The van der Waals surface area contributed by atoms with E-state index in [0.717, 1.165) is 19.0 Å². The molecule has 1 heterocycles. The van der Waals surface area contributed by atoms with Gasteiger partial charge in [0.05, 0.1) is 0 Å². The Balaban J connectivity index is 2.84. The number of alkyl halides is 3. The standard InChI is InChI=1S/C12H20F3N5/c1-8(5-6-20(3)4)17-10-7-9(12(13,14)15)18-11(16-2)19-10/h7-8H,5-6H2,1-4H3,(H2,16,17,18,19). The zero-order valence-corrected chi connectivity index (χ0v) is 12.0. The van der Waals surface area contributed by atoms with Gasteiger partial charge in [0.25, 0.3) is 0 Å². The third-order valence-corrected chi connectivity index (χ3v) is 2.64.